The lowest BCUT2D eigenvalue weighted by molar-refractivity contribution is -0.137. The summed E-state index contributed by atoms with van der Waals surface area (Å²) < 4.78 is 37.8. The second-order valence-electron chi connectivity index (χ2n) is 7.01. The molecule has 3 rings (SSSR count). The Balaban J connectivity index is 1.60. The SMILES string of the molecule is O=C(/C=C/c1ccc(C(F)(F)F)cc1)Nc1ccccc1NC(=O)CC1C=CCC1. The molecule has 2 aromatic rings. The molecule has 0 bridgehead atoms. The molecule has 1 unspecified atom stereocenters. The summed E-state index contributed by atoms with van der Waals surface area (Å²) >= 11 is 0. The first-order valence-corrected chi connectivity index (χ1v) is 9.53. The van der Waals surface area contributed by atoms with E-state index >= 15 is 0 Å². The topological polar surface area (TPSA) is 58.2 Å². The molecule has 2 N–H and O–H groups in total. The van der Waals surface area contributed by atoms with Gasteiger partial charge in [-0.05, 0) is 54.7 Å². The minimum atomic E-state index is -4.40. The lowest BCUT2D eigenvalue weighted by Crippen LogP contribution is -2.17. The number of carbonyl (C=O) groups is 2. The van der Waals surface area contributed by atoms with Gasteiger partial charge in [0.25, 0.3) is 0 Å². The van der Waals surface area contributed by atoms with Crippen molar-refractivity contribution in [1.82, 2.24) is 0 Å². The minimum Gasteiger partial charge on any atom is -0.324 e. The van der Waals surface area contributed by atoms with Crippen LogP contribution < -0.4 is 10.6 Å². The molecule has 1 aliphatic carbocycles. The summed E-state index contributed by atoms with van der Waals surface area (Å²) in [6.07, 6.45) is 4.67. The zero-order valence-electron chi connectivity index (χ0n) is 16.1. The van der Waals surface area contributed by atoms with E-state index in [4.69, 9.17) is 0 Å². The van der Waals surface area contributed by atoms with E-state index in [1.165, 1.54) is 24.3 Å². The minimum absolute atomic E-state index is 0.131. The average molecular weight is 414 g/mol. The van der Waals surface area contributed by atoms with E-state index < -0.39 is 17.6 Å². The largest absolute Gasteiger partial charge is 0.416 e. The van der Waals surface area contributed by atoms with Crippen LogP contribution in [0, 0.1) is 5.92 Å². The molecule has 0 saturated heterocycles. The zero-order valence-corrected chi connectivity index (χ0v) is 16.1. The van der Waals surface area contributed by atoms with Crippen molar-refractivity contribution < 1.29 is 22.8 Å². The van der Waals surface area contributed by atoms with Crippen LogP contribution in [0.3, 0.4) is 0 Å². The summed E-state index contributed by atoms with van der Waals surface area (Å²) in [4.78, 5) is 24.5. The fraction of sp³-hybridized carbons (Fsp3) is 0.217. The summed E-state index contributed by atoms with van der Waals surface area (Å²) in [5, 5.41) is 5.50. The number of amides is 2. The van der Waals surface area contributed by atoms with Gasteiger partial charge >= 0.3 is 6.18 Å². The number of carbonyl (C=O) groups excluding carboxylic acids is 2. The van der Waals surface area contributed by atoms with Crippen LogP contribution >= 0.6 is 0 Å². The number of allylic oxidation sites excluding steroid dienone is 2. The molecule has 1 atom stereocenters. The maximum atomic E-state index is 12.6. The number of hydrogen-bond acceptors (Lipinski definition) is 2. The van der Waals surface area contributed by atoms with Crippen molar-refractivity contribution in [3.05, 3.63) is 77.9 Å². The van der Waals surface area contributed by atoms with E-state index in [0.29, 0.717) is 23.4 Å². The molecule has 4 nitrogen and oxygen atoms in total. The number of rotatable bonds is 6. The quantitative estimate of drug-likeness (QED) is 0.474. The molecular formula is C23H21F3N2O2. The molecule has 1 aliphatic rings. The van der Waals surface area contributed by atoms with Crippen molar-refractivity contribution in [3.8, 4) is 0 Å². The van der Waals surface area contributed by atoms with Crippen LogP contribution in [0.5, 0.6) is 0 Å². The number of alkyl halides is 3. The fourth-order valence-corrected chi connectivity index (χ4v) is 3.14. The Labute approximate surface area is 172 Å². The summed E-state index contributed by atoms with van der Waals surface area (Å²) in [5.41, 5.74) is 0.641. The van der Waals surface area contributed by atoms with Gasteiger partial charge in [0, 0.05) is 12.5 Å². The van der Waals surface area contributed by atoms with Gasteiger partial charge in [0.1, 0.15) is 0 Å². The van der Waals surface area contributed by atoms with Gasteiger partial charge in [-0.2, -0.15) is 13.2 Å². The lowest BCUT2D eigenvalue weighted by Gasteiger charge is -2.13. The lowest BCUT2D eigenvalue weighted by atomic mass is 10.0. The average Bonchev–Trinajstić information content (AvgIpc) is 3.20. The molecule has 0 radical (unpaired) electrons. The third kappa shape index (κ3) is 6.07. The number of para-hydroxylation sites is 2. The molecule has 0 aliphatic heterocycles. The van der Waals surface area contributed by atoms with Crippen LogP contribution in [-0.4, -0.2) is 11.8 Å². The highest BCUT2D eigenvalue weighted by Crippen LogP contribution is 2.29. The summed E-state index contributed by atoms with van der Waals surface area (Å²) in [6.45, 7) is 0. The van der Waals surface area contributed by atoms with Gasteiger partial charge in [0.15, 0.2) is 0 Å². The zero-order chi connectivity index (χ0) is 21.6. The molecule has 2 amide bonds. The summed E-state index contributed by atoms with van der Waals surface area (Å²) in [6, 6.07) is 11.3. The van der Waals surface area contributed by atoms with E-state index in [9.17, 15) is 22.8 Å². The Morgan fingerprint density at radius 1 is 1.00 bits per heavy atom. The Morgan fingerprint density at radius 3 is 2.27 bits per heavy atom. The maximum absolute atomic E-state index is 12.6. The second kappa shape index (κ2) is 9.43. The van der Waals surface area contributed by atoms with Crippen LogP contribution in [-0.2, 0) is 15.8 Å². The Morgan fingerprint density at radius 2 is 1.67 bits per heavy atom. The van der Waals surface area contributed by atoms with Crippen molar-refractivity contribution in [2.24, 2.45) is 5.92 Å². The molecular weight excluding hydrogens is 393 g/mol. The Bertz CT molecular complexity index is 963. The van der Waals surface area contributed by atoms with Gasteiger partial charge in [-0.3, -0.25) is 9.59 Å². The third-order valence-corrected chi connectivity index (χ3v) is 4.68. The highest BCUT2D eigenvalue weighted by atomic mass is 19.4. The van der Waals surface area contributed by atoms with Crippen molar-refractivity contribution in [2.75, 3.05) is 10.6 Å². The molecule has 7 heteroatoms. The molecule has 156 valence electrons. The van der Waals surface area contributed by atoms with Gasteiger partial charge in [0.05, 0.1) is 16.9 Å². The third-order valence-electron chi connectivity index (χ3n) is 4.68. The standard InChI is InChI=1S/C23H21F3N2O2/c24-23(25,26)18-12-9-16(10-13-18)11-14-21(29)27-19-7-3-4-8-20(19)28-22(30)15-17-5-1-2-6-17/h1,3-5,7-14,17H,2,6,15H2,(H,27,29)(H,28,30)/b14-11+. The van der Waals surface area contributed by atoms with Crippen LogP contribution in [0.2, 0.25) is 0 Å². The van der Waals surface area contributed by atoms with Crippen LogP contribution in [0.1, 0.15) is 30.4 Å². The highest BCUT2D eigenvalue weighted by Gasteiger charge is 2.29. The number of hydrogen-bond donors (Lipinski definition) is 2. The van der Waals surface area contributed by atoms with Gasteiger partial charge in [-0.25, -0.2) is 0 Å². The van der Waals surface area contributed by atoms with E-state index in [0.717, 1.165) is 25.0 Å². The smallest absolute Gasteiger partial charge is 0.324 e. The van der Waals surface area contributed by atoms with Gasteiger partial charge < -0.3 is 10.6 Å². The van der Waals surface area contributed by atoms with Crippen molar-refractivity contribution in [3.63, 3.8) is 0 Å². The van der Waals surface area contributed by atoms with E-state index in [-0.39, 0.29) is 11.8 Å². The van der Waals surface area contributed by atoms with Gasteiger partial charge in [-0.1, -0.05) is 36.4 Å². The predicted octanol–water partition coefficient (Wildman–Crippen LogP) is 5.65. The molecule has 0 aromatic heterocycles. The van der Waals surface area contributed by atoms with E-state index in [1.807, 2.05) is 6.08 Å². The molecule has 0 fully saturated rings. The van der Waals surface area contributed by atoms with E-state index in [1.54, 1.807) is 24.3 Å². The predicted molar refractivity (Wildman–Crippen MR) is 111 cm³/mol. The second-order valence-corrected chi connectivity index (χ2v) is 7.01. The number of halogens is 3. The molecule has 0 saturated carbocycles. The number of anilines is 2. The van der Waals surface area contributed by atoms with E-state index in [2.05, 4.69) is 16.7 Å². The normalized spacial score (nSPS) is 16.0. The van der Waals surface area contributed by atoms with Crippen LogP contribution in [0.25, 0.3) is 6.08 Å². The molecule has 2 aromatic carbocycles. The van der Waals surface area contributed by atoms with Crippen molar-refractivity contribution >= 4 is 29.3 Å². The summed E-state index contributed by atoms with van der Waals surface area (Å²) in [5.74, 6) is -0.359. The molecule has 0 heterocycles. The Kier molecular flexibility index (Phi) is 6.72. The van der Waals surface area contributed by atoms with Crippen LogP contribution in [0.4, 0.5) is 24.5 Å². The van der Waals surface area contributed by atoms with Crippen molar-refractivity contribution in [1.29, 1.82) is 0 Å². The fourth-order valence-electron chi connectivity index (χ4n) is 3.14. The first-order valence-electron chi connectivity index (χ1n) is 9.53. The Hall–Kier alpha value is -3.35. The number of nitrogens with one attached hydrogen (secondary N) is 2. The monoisotopic (exact) mass is 414 g/mol. The number of benzene rings is 2. The van der Waals surface area contributed by atoms with Gasteiger partial charge in [0.2, 0.25) is 11.8 Å². The summed E-state index contributed by atoms with van der Waals surface area (Å²) in [7, 11) is 0. The van der Waals surface area contributed by atoms with Crippen molar-refractivity contribution in [2.45, 2.75) is 25.4 Å². The van der Waals surface area contributed by atoms with Gasteiger partial charge in [-0.15, -0.1) is 0 Å². The molecule has 0 spiro atoms. The maximum Gasteiger partial charge on any atom is 0.416 e. The molecule has 30 heavy (non-hydrogen) atoms. The van der Waals surface area contributed by atoms with Crippen LogP contribution in [0.15, 0.2) is 66.8 Å². The first kappa shape index (κ1) is 21.4. The highest BCUT2D eigenvalue weighted by molar-refractivity contribution is 6.05. The first-order chi connectivity index (χ1) is 14.3.